The Morgan fingerprint density at radius 1 is 1.33 bits per heavy atom. The molecule has 3 nitrogen and oxygen atoms in total. The van der Waals surface area contributed by atoms with Crippen molar-refractivity contribution in [3.05, 3.63) is 63.9 Å². The zero-order chi connectivity index (χ0) is 16.8. The molecule has 1 aromatic heterocycles. The first-order valence-electron chi connectivity index (χ1n) is 8.37. The Bertz CT molecular complexity index is 676. The minimum Gasteiger partial charge on any atom is -0.466 e. The molecule has 0 N–H and O–H groups in total. The molecule has 1 aliphatic heterocycles. The first-order chi connectivity index (χ1) is 11.8. The maximum absolute atomic E-state index is 11.2. The molecule has 0 saturated carbocycles. The smallest absolute Gasteiger partial charge is 0.330 e. The third kappa shape index (κ3) is 4.34. The molecule has 1 fully saturated rings. The predicted octanol–water partition coefficient (Wildman–Crippen LogP) is 4.31. The van der Waals surface area contributed by atoms with E-state index in [4.69, 9.17) is 0 Å². The van der Waals surface area contributed by atoms with Crippen molar-refractivity contribution in [1.29, 1.82) is 0 Å². The van der Waals surface area contributed by atoms with Crippen LogP contribution in [0.5, 0.6) is 0 Å². The lowest BCUT2D eigenvalue weighted by Crippen LogP contribution is -2.25. The van der Waals surface area contributed by atoms with Gasteiger partial charge in [-0.05, 0) is 65.4 Å². The van der Waals surface area contributed by atoms with E-state index in [0.29, 0.717) is 6.04 Å². The minimum atomic E-state index is -0.325. The second-order valence-electron chi connectivity index (χ2n) is 6.10. The number of hydrogen-bond donors (Lipinski definition) is 0. The van der Waals surface area contributed by atoms with Crippen molar-refractivity contribution in [3.8, 4) is 0 Å². The van der Waals surface area contributed by atoms with Gasteiger partial charge in [-0.2, -0.15) is 11.3 Å². The highest BCUT2D eigenvalue weighted by Crippen LogP contribution is 2.32. The van der Waals surface area contributed by atoms with Crippen molar-refractivity contribution < 1.29 is 9.53 Å². The van der Waals surface area contributed by atoms with E-state index in [1.807, 2.05) is 0 Å². The summed E-state index contributed by atoms with van der Waals surface area (Å²) in [5, 5.41) is 4.39. The van der Waals surface area contributed by atoms with Crippen molar-refractivity contribution in [2.24, 2.45) is 0 Å². The first-order valence-corrected chi connectivity index (χ1v) is 9.31. The number of carbonyl (C=O) groups is 1. The highest BCUT2D eigenvalue weighted by molar-refractivity contribution is 7.07. The average Bonchev–Trinajstić information content (AvgIpc) is 3.29. The Balaban J connectivity index is 1.62. The molecule has 4 heteroatoms. The van der Waals surface area contributed by atoms with Gasteiger partial charge in [0.25, 0.3) is 0 Å². The normalized spacial score (nSPS) is 18.3. The number of carbonyl (C=O) groups excluding carboxylic acids is 1. The first kappa shape index (κ1) is 16.9. The summed E-state index contributed by atoms with van der Waals surface area (Å²) in [7, 11) is 1.39. The van der Waals surface area contributed by atoms with Crippen LogP contribution in [0.4, 0.5) is 0 Å². The van der Waals surface area contributed by atoms with Crippen LogP contribution in [0.1, 0.15) is 35.6 Å². The molecule has 1 aromatic carbocycles. The lowest BCUT2D eigenvalue weighted by Gasteiger charge is -2.24. The Morgan fingerprint density at radius 2 is 2.17 bits per heavy atom. The van der Waals surface area contributed by atoms with E-state index in [1.54, 1.807) is 17.4 Å². The Hall–Kier alpha value is -1.91. The molecule has 1 saturated heterocycles. The largest absolute Gasteiger partial charge is 0.466 e. The van der Waals surface area contributed by atoms with E-state index >= 15 is 0 Å². The lowest BCUT2D eigenvalue weighted by molar-refractivity contribution is -0.134. The van der Waals surface area contributed by atoms with Crippen LogP contribution in [0.3, 0.4) is 0 Å². The van der Waals surface area contributed by atoms with Gasteiger partial charge in [0.05, 0.1) is 7.11 Å². The quantitative estimate of drug-likeness (QED) is 0.579. The minimum absolute atomic E-state index is 0.325. The van der Waals surface area contributed by atoms with Crippen LogP contribution in [0.25, 0.3) is 6.08 Å². The molecule has 0 radical (unpaired) electrons. The number of esters is 1. The molecule has 2 heterocycles. The highest BCUT2D eigenvalue weighted by atomic mass is 32.1. The molecular formula is C20H23NO2S. The van der Waals surface area contributed by atoms with Gasteiger partial charge in [-0.15, -0.1) is 0 Å². The number of methoxy groups -OCH3 is 1. The summed E-state index contributed by atoms with van der Waals surface area (Å²) >= 11 is 1.77. The summed E-state index contributed by atoms with van der Waals surface area (Å²) in [6, 6.07) is 11.3. The molecule has 0 amide bonds. The Kier molecular flexibility index (Phi) is 5.83. The van der Waals surface area contributed by atoms with Gasteiger partial charge >= 0.3 is 5.97 Å². The number of hydrogen-bond acceptors (Lipinski definition) is 4. The molecule has 0 aliphatic carbocycles. The summed E-state index contributed by atoms with van der Waals surface area (Å²) in [6.07, 6.45) is 6.86. The van der Waals surface area contributed by atoms with E-state index in [-0.39, 0.29) is 5.97 Å². The lowest BCUT2D eigenvalue weighted by atomic mass is 10.0. The third-order valence-electron chi connectivity index (χ3n) is 4.57. The van der Waals surface area contributed by atoms with Crippen molar-refractivity contribution in [1.82, 2.24) is 4.90 Å². The zero-order valence-corrected chi connectivity index (χ0v) is 14.8. The van der Waals surface area contributed by atoms with Crippen LogP contribution in [0.2, 0.25) is 0 Å². The van der Waals surface area contributed by atoms with Crippen molar-refractivity contribution in [3.63, 3.8) is 0 Å². The van der Waals surface area contributed by atoms with Crippen LogP contribution in [0, 0.1) is 0 Å². The Labute approximate surface area is 147 Å². The molecule has 24 heavy (non-hydrogen) atoms. The molecular weight excluding hydrogens is 318 g/mol. The van der Waals surface area contributed by atoms with Crippen LogP contribution in [0.15, 0.2) is 47.2 Å². The fourth-order valence-electron chi connectivity index (χ4n) is 3.24. The van der Waals surface area contributed by atoms with Crippen LogP contribution >= 0.6 is 11.3 Å². The highest BCUT2D eigenvalue weighted by Gasteiger charge is 2.25. The summed E-state index contributed by atoms with van der Waals surface area (Å²) in [5.74, 6) is -0.325. The molecule has 1 aliphatic rings. The maximum atomic E-state index is 11.2. The molecule has 1 unspecified atom stereocenters. The van der Waals surface area contributed by atoms with Gasteiger partial charge in [0.2, 0.25) is 0 Å². The number of ether oxygens (including phenoxy) is 1. The predicted molar refractivity (Wildman–Crippen MR) is 99.1 cm³/mol. The van der Waals surface area contributed by atoms with Crippen LogP contribution in [-0.2, 0) is 16.0 Å². The topological polar surface area (TPSA) is 29.5 Å². The molecule has 2 aromatic rings. The van der Waals surface area contributed by atoms with Crippen molar-refractivity contribution in [2.75, 3.05) is 20.2 Å². The molecule has 1 atom stereocenters. The Morgan fingerprint density at radius 3 is 2.88 bits per heavy atom. The van der Waals surface area contributed by atoms with Crippen LogP contribution in [-0.4, -0.2) is 31.1 Å². The standard InChI is InChI=1S/C20H23NO2S/c1-23-20(22)9-6-16-4-7-18(8-5-16)19-3-2-12-21(19)13-10-17-11-14-24-15-17/h4-9,11,14-15,19H,2-3,10,12-13H2,1H3. The van der Waals surface area contributed by atoms with Gasteiger partial charge in [0.1, 0.15) is 0 Å². The van der Waals surface area contributed by atoms with Crippen molar-refractivity contribution in [2.45, 2.75) is 25.3 Å². The third-order valence-corrected chi connectivity index (χ3v) is 5.30. The summed E-state index contributed by atoms with van der Waals surface area (Å²) in [4.78, 5) is 13.8. The van der Waals surface area contributed by atoms with E-state index in [0.717, 1.165) is 18.5 Å². The SMILES string of the molecule is COC(=O)C=Cc1ccc(C2CCCN2CCc2ccsc2)cc1. The number of nitrogens with zero attached hydrogens (tertiary/aromatic N) is 1. The van der Waals surface area contributed by atoms with E-state index in [1.165, 1.54) is 43.7 Å². The zero-order valence-electron chi connectivity index (χ0n) is 14.0. The monoisotopic (exact) mass is 341 g/mol. The summed E-state index contributed by atoms with van der Waals surface area (Å²) < 4.78 is 4.62. The van der Waals surface area contributed by atoms with Crippen LogP contribution < -0.4 is 0 Å². The van der Waals surface area contributed by atoms with Gasteiger partial charge in [-0.25, -0.2) is 4.79 Å². The molecule has 0 spiro atoms. The number of thiophene rings is 1. The molecule has 126 valence electrons. The summed E-state index contributed by atoms with van der Waals surface area (Å²) in [6.45, 7) is 2.30. The van der Waals surface area contributed by atoms with E-state index < -0.39 is 0 Å². The van der Waals surface area contributed by atoms with Gasteiger partial charge < -0.3 is 4.74 Å². The van der Waals surface area contributed by atoms with Gasteiger partial charge in [-0.1, -0.05) is 24.3 Å². The van der Waals surface area contributed by atoms with E-state index in [9.17, 15) is 4.79 Å². The fraction of sp³-hybridized carbons (Fsp3) is 0.350. The van der Waals surface area contributed by atoms with E-state index in [2.05, 4.69) is 50.7 Å². The number of likely N-dealkylation sites (tertiary alicyclic amines) is 1. The molecule has 3 rings (SSSR count). The second-order valence-corrected chi connectivity index (χ2v) is 6.88. The number of rotatable bonds is 6. The fourth-order valence-corrected chi connectivity index (χ4v) is 3.94. The summed E-state index contributed by atoms with van der Waals surface area (Å²) in [5.41, 5.74) is 3.83. The van der Waals surface area contributed by atoms with Crippen molar-refractivity contribution >= 4 is 23.4 Å². The van der Waals surface area contributed by atoms with Gasteiger partial charge in [-0.3, -0.25) is 4.90 Å². The number of benzene rings is 1. The maximum Gasteiger partial charge on any atom is 0.330 e. The average molecular weight is 341 g/mol. The molecule has 0 bridgehead atoms. The second kappa shape index (κ2) is 8.27. The van der Waals surface area contributed by atoms with Gasteiger partial charge in [0.15, 0.2) is 0 Å². The van der Waals surface area contributed by atoms with Gasteiger partial charge in [0, 0.05) is 18.7 Å².